The van der Waals surface area contributed by atoms with Gasteiger partial charge in [0.2, 0.25) is 0 Å². The average Bonchev–Trinajstić information content (AvgIpc) is 2.92. The van der Waals surface area contributed by atoms with Crippen molar-refractivity contribution in [3.05, 3.63) is 83.9 Å². The summed E-state index contributed by atoms with van der Waals surface area (Å²) in [5.74, 6) is -0.619. The van der Waals surface area contributed by atoms with Crippen LogP contribution < -0.4 is 5.32 Å². The van der Waals surface area contributed by atoms with E-state index in [1.54, 1.807) is 0 Å². The van der Waals surface area contributed by atoms with Crippen molar-refractivity contribution < 1.29 is 19.1 Å². The highest BCUT2D eigenvalue weighted by molar-refractivity contribution is 6.17. The first-order valence-corrected chi connectivity index (χ1v) is 16.8. The summed E-state index contributed by atoms with van der Waals surface area (Å²) in [6.07, 6.45) is 3.94. The second-order valence-electron chi connectivity index (χ2n) is 16.7. The average molecular weight is 620 g/mol. The summed E-state index contributed by atoms with van der Waals surface area (Å²) in [4.78, 5) is 28.0. The Morgan fingerprint density at radius 1 is 0.565 bits per heavy atom. The van der Waals surface area contributed by atoms with E-state index in [2.05, 4.69) is 60.7 Å². The maximum absolute atomic E-state index is 14.0. The molecule has 242 valence electrons. The van der Waals surface area contributed by atoms with E-state index in [9.17, 15) is 9.59 Å². The Morgan fingerprint density at radius 2 is 0.935 bits per heavy atom. The molecule has 0 radical (unpaired) electrons. The third-order valence-corrected chi connectivity index (χ3v) is 9.76. The zero-order chi connectivity index (χ0) is 33.1. The Balaban J connectivity index is 1.41. The number of nitrogens with one attached hydrogen (secondary N) is 1. The maximum Gasteiger partial charge on any atom is 0.339 e. The molecular formula is C41H49NO4. The normalized spacial score (nSPS) is 20.8. The largest absolute Gasteiger partial charge is 0.459 e. The van der Waals surface area contributed by atoms with Crippen LogP contribution in [-0.4, -0.2) is 35.2 Å². The van der Waals surface area contributed by atoms with Gasteiger partial charge in [0.05, 0.1) is 11.1 Å². The Kier molecular flexibility index (Phi) is 8.08. The first-order chi connectivity index (χ1) is 21.5. The van der Waals surface area contributed by atoms with Crippen molar-refractivity contribution in [2.75, 3.05) is 0 Å². The molecule has 2 aliphatic rings. The van der Waals surface area contributed by atoms with Crippen LogP contribution in [0.3, 0.4) is 0 Å². The molecule has 0 aromatic heterocycles. The molecule has 0 atom stereocenters. The second-order valence-corrected chi connectivity index (χ2v) is 16.7. The van der Waals surface area contributed by atoms with Crippen LogP contribution in [0.1, 0.15) is 108 Å². The molecule has 0 amide bonds. The van der Waals surface area contributed by atoms with Crippen LogP contribution in [0.25, 0.3) is 32.7 Å². The van der Waals surface area contributed by atoms with Gasteiger partial charge in [0.1, 0.15) is 12.2 Å². The molecular weight excluding hydrogens is 570 g/mol. The van der Waals surface area contributed by atoms with E-state index < -0.39 is 0 Å². The Hall–Kier alpha value is -3.70. The van der Waals surface area contributed by atoms with Crippen LogP contribution in [0.15, 0.2) is 72.8 Å². The molecule has 5 nitrogen and oxygen atoms in total. The minimum absolute atomic E-state index is 0.101. The number of ether oxygens (including phenoxy) is 2. The van der Waals surface area contributed by atoms with Crippen molar-refractivity contribution in [1.82, 2.24) is 5.32 Å². The molecule has 46 heavy (non-hydrogen) atoms. The molecule has 6 rings (SSSR count). The lowest BCUT2D eigenvalue weighted by atomic mass is 9.64. The van der Waals surface area contributed by atoms with Gasteiger partial charge < -0.3 is 14.8 Å². The van der Waals surface area contributed by atoms with Crippen molar-refractivity contribution in [2.45, 2.75) is 111 Å². The number of benzene rings is 4. The number of esters is 2. The third-order valence-electron chi connectivity index (χ3n) is 9.76. The fraction of sp³-hybridized carbons (Fsp3) is 0.463. The van der Waals surface area contributed by atoms with Crippen LogP contribution in [0.4, 0.5) is 0 Å². The summed E-state index contributed by atoms with van der Waals surface area (Å²) in [5.41, 5.74) is 2.78. The molecule has 1 saturated heterocycles. The lowest BCUT2D eigenvalue weighted by molar-refractivity contribution is -0.0282. The highest BCUT2D eigenvalue weighted by Gasteiger charge is 2.41. The van der Waals surface area contributed by atoms with Crippen LogP contribution in [0.2, 0.25) is 0 Å². The van der Waals surface area contributed by atoms with E-state index in [4.69, 9.17) is 9.47 Å². The fourth-order valence-corrected chi connectivity index (χ4v) is 9.04. The molecule has 1 N–H and O–H groups in total. The second kappa shape index (κ2) is 11.5. The third kappa shape index (κ3) is 6.71. The molecule has 1 aliphatic heterocycles. The summed E-state index contributed by atoms with van der Waals surface area (Å²) in [5, 5.41) is 7.23. The minimum atomic E-state index is -0.320. The van der Waals surface area contributed by atoms with Crippen LogP contribution in [0, 0.1) is 10.8 Å². The van der Waals surface area contributed by atoms with Gasteiger partial charge in [0.15, 0.2) is 0 Å². The standard InChI is InChI=1S/C41H49NO4/c1-38(2)21-28(22-39(3,4)25-38)45-36(43)32-19-11-15-26-13-9-17-30(34(26)32)31-18-10-14-27-16-12-20-33(35(27)31)37(44)46-29-23-40(5,6)42-41(7,8)24-29/h9-20,28-29,42H,21-25H2,1-8H3. The predicted octanol–water partition coefficient (Wildman–Crippen LogP) is 9.89. The molecule has 5 heteroatoms. The van der Waals surface area contributed by atoms with Crippen LogP contribution in [-0.2, 0) is 9.47 Å². The van der Waals surface area contributed by atoms with E-state index in [1.807, 2.05) is 72.8 Å². The lowest BCUT2D eigenvalue weighted by Gasteiger charge is -2.45. The first kappa shape index (κ1) is 32.2. The molecule has 0 bridgehead atoms. The SMILES string of the molecule is CC1(C)CC(OC(=O)c2cccc3cccc(-c4cccc5cccc(C(=O)OC6CC(C)(C)NC(C)(C)C6)c45)c23)CC(C)(C)C1. The Morgan fingerprint density at radius 3 is 1.35 bits per heavy atom. The highest BCUT2D eigenvalue weighted by atomic mass is 16.5. The van der Waals surface area contributed by atoms with Gasteiger partial charge in [-0.3, -0.25) is 0 Å². The summed E-state index contributed by atoms with van der Waals surface area (Å²) in [6.45, 7) is 17.7. The summed E-state index contributed by atoms with van der Waals surface area (Å²) in [6, 6.07) is 23.8. The van der Waals surface area contributed by atoms with Gasteiger partial charge in [-0.25, -0.2) is 9.59 Å². The molecule has 4 aromatic carbocycles. The predicted molar refractivity (Wildman–Crippen MR) is 187 cm³/mol. The lowest BCUT2D eigenvalue weighted by Crippen LogP contribution is -2.59. The van der Waals surface area contributed by atoms with E-state index in [1.165, 1.54) is 0 Å². The zero-order valence-electron chi connectivity index (χ0n) is 28.8. The number of hydrogen-bond donors (Lipinski definition) is 1. The van der Waals surface area contributed by atoms with Crippen molar-refractivity contribution in [3.63, 3.8) is 0 Å². The number of piperidine rings is 1. The van der Waals surface area contributed by atoms with Crippen molar-refractivity contribution >= 4 is 33.5 Å². The van der Waals surface area contributed by atoms with E-state index >= 15 is 0 Å². The van der Waals surface area contributed by atoms with Crippen LogP contribution >= 0.6 is 0 Å². The van der Waals surface area contributed by atoms with Gasteiger partial charge in [0, 0.05) is 34.7 Å². The molecule has 0 unspecified atom stereocenters. The van der Waals surface area contributed by atoms with Crippen molar-refractivity contribution in [3.8, 4) is 11.1 Å². The van der Waals surface area contributed by atoms with E-state index in [-0.39, 0.29) is 46.1 Å². The smallest absolute Gasteiger partial charge is 0.339 e. The van der Waals surface area contributed by atoms with Crippen molar-refractivity contribution in [1.29, 1.82) is 0 Å². The first-order valence-electron chi connectivity index (χ1n) is 16.8. The van der Waals surface area contributed by atoms with Gasteiger partial charge in [-0.15, -0.1) is 0 Å². The number of carbonyl (C=O) groups excluding carboxylic acids is 2. The van der Waals surface area contributed by atoms with Crippen LogP contribution in [0.5, 0.6) is 0 Å². The van der Waals surface area contributed by atoms with Gasteiger partial charge in [-0.05, 0) is 91.8 Å². The van der Waals surface area contributed by atoms with E-state index in [0.29, 0.717) is 11.1 Å². The van der Waals surface area contributed by atoms with Gasteiger partial charge in [-0.2, -0.15) is 0 Å². The Labute approximate surface area is 274 Å². The Bertz CT molecular complexity index is 1640. The molecule has 2 fully saturated rings. The van der Waals surface area contributed by atoms with E-state index in [0.717, 1.165) is 64.8 Å². The topological polar surface area (TPSA) is 64.6 Å². The molecule has 0 spiro atoms. The molecule has 4 aromatic rings. The summed E-state index contributed by atoms with van der Waals surface area (Å²) in [7, 11) is 0. The zero-order valence-corrected chi connectivity index (χ0v) is 28.8. The van der Waals surface area contributed by atoms with Crippen molar-refractivity contribution in [2.24, 2.45) is 10.8 Å². The number of rotatable bonds is 5. The highest BCUT2D eigenvalue weighted by Crippen LogP contribution is 2.47. The molecule has 1 saturated carbocycles. The van der Waals surface area contributed by atoms with Gasteiger partial charge in [-0.1, -0.05) is 88.4 Å². The monoisotopic (exact) mass is 619 g/mol. The maximum atomic E-state index is 14.0. The summed E-state index contributed by atoms with van der Waals surface area (Å²) < 4.78 is 12.6. The summed E-state index contributed by atoms with van der Waals surface area (Å²) >= 11 is 0. The fourth-order valence-electron chi connectivity index (χ4n) is 9.04. The number of fused-ring (bicyclic) bond motifs is 2. The van der Waals surface area contributed by atoms with Gasteiger partial charge in [0.25, 0.3) is 0 Å². The minimum Gasteiger partial charge on any atom is -0.459 e. The quantitative estimate of drug-likeness (QED) is 0.225. The van der Waals surface area contributed by atoms with Gasteiger partial charge >= 0.3 is 11.9 Å². The number of carbonyl (C=O) groups is 2. The molecule has 1 heterocycles. The molecule has 1 aliphatic carbocycles. The number of hydrogen-bond acceptors (Lipinski definition) is 5.